The maximum Gasteiger partial charge on any atom is 0.315 e. The van der Waals surface area contributed by atoms with Crippen molar-refractivity contribution in [3.05, 3.63) is 177 Å². The number of unbranched alkanes of at least 4 members (excludes halogenated alkanes) is 2. The van der Waals surface area contributed by atoms with Crippen LogP contribution in [0, 0.1) is 5.41 Å². The topological polar surface area (TPSA) is 169 Å². The van der Waals surface area contributed by atoms with Crippen molar-refractivity contribution in [2.75, 3.05) is 45.0 Å². The van der Waals surface area contributed by atoms with Gasteiger partial charge in [0.05, 0.1) is 20.2 Å². The number of piperidine rings is 2. The number of likely N-dealkylation sites (tertiary alicyclic amines) is 2. The number of hydrogen-bond acceptors (Lipinski definition) is 7. The Balaban J connectivity index is 0.910. The zero-order chi connectivity index (χ0) is 53.9. The van der Waals surface area contributed by atoms with Gasteiger partial charge in [0.2, 0.25) is 29.5 Å². The van der Waals surface area contributed by atoms with E-state index in [-0.39, 0.29) is 48.5 Å². The lowest BCUT2D eigenvalue weighted by molar-refractivity contribution is -0.143. The third-order valence-corrected chi connectivity index (χ3v) is 16.7. The van der Waals surface area contributed by atoms with Crippen LogP contribution < -0.4 is 26.6 Å². The lowest BCUT2D eigenvalue weighted by Gasteiger charge is -2.43. The van der Waals surface area contributed by atoms with Gasteiger partial charge in [0.1, 0.15) is 12.1 Å². The number of nitrogens with zero attached hydrogens (tertiary/aromatic N) is 2. The average Bonchev–Trinajstić information content (AvgIpc) is 3.45. The van der Waals surface area contributed by atoms with Crippen LogP contribution in [0.15, 0.2) is 140 Å². The van der Waals surface area contributed by atoms with Crippen LogP contribution in [0.3, 0.4) is 0 Å². The van der Waals surface area contributed by atoms with Gasteiger partial charge in [0.15, 0.2) is 0 Å². The van der Waals surface area contributed by atoms with E-state index in [2.05, 4.69) is 63.0 Å². The molecule has 7 amide bonds. The summed E-state index contributed by atoms with van der Waals surface area (Å²) in [5.41, 5.74) is 4.03. The molecule has 402 valence electrons. The first kappa shape index (κ1) is 57.4. The number of hydrogen-bond donors (Lipinski definition) is 5. The third-order valence-electron chi connectivity index (χ3n) is 14.3. The van der Waals surface area contributed by atoms with Crippen molar-refractivity contribution in [3.63, 3.8) is 0 Å². The highest BCUT2D eigenvalue weighted by atomic mass is 35.5. The van der Waals surface area contributed by atoms with Crippen LogP contribution in [0.5, 0.6) is 0 Å². The minimum absolute atomic E-state index is 0.0127. The summed E-state index contributed by atoms with van der Waals surface area (Å²) in [5, 5.41) is 15.7. The Morgan fingerprint density at radius 2 is 1.32 bits per heavy atom. The number of carbonyl (C=O) groups is 6. The fourth-order valence-electron chi connectivity index (χ4n) is 10.6. The predicted octanol–water partition coefficient (Wildman–Crippen LogP) is 9.09. The molecule has 16 heteroatoms. The molecule has 0 saturated carbocycles. The monoisotopic (exact) mass is 1090 g/mol. The van der Waals surface area contributed by atoms with Crippen molar-refractivity contribution in [2.24, 2.45) is 5.41 Å². The van der Waals surface area contributed by atoms with Crippen LogP contribution in [-0.2, 0) is 41.6 Å². The second-order valence-electron chi connectivity index (χ2n) is 19.9. The predicted molar refractivity (Wildman–Crippen MR) is 303 cm³/mol. The number of halogens is 2. The van der Waals surface area contributed by atoms with Gasteiger partial charge in [-0.25, -0.2) is 4.79 Å². The molecule has 5 N–H and O–H groups in total. The molecule has 2 aliphatic heterocycles. The SMILES string of the molecule is CCNC(=O)[C@]1(Cc2ccccc2)CCCN(C(=O)[C@@H](Cc2ccc(Cl)c(Cl)c2)NC(=O)N[C@@H]2CCCN(C(=O)CCCCCNC(=O)C(CSC(c3ccccc3)(c3ccccc3)c3ccccc3)NC(C)=O)C2)C1. The normalized spacial score (nSPS) is 17.4. The maximum absolute atomic E-state index is 14.6. The second kappa shape index (κ2) is 28.1. The summed E-state index contributed by atoms with van der Waals surface area (Å²) in [5.74, 6) is -0.682. The fraction of sp³-hybridized carbons (Fsp3) is 0.400. The van der Waals surface area contributed by atoms with Crippen LogP contribution in [0.4, 0.5) is 4.79 Å². The van der Waals surface area contributed by atoms with Crippen LogP contribution in [-0.4, -0.2) is 109 Å². The van der Waals surface area contributed by atoms with Crippen molar-refractivity contribution in [2.45, 2.75) is 101 Å². The van der Waals surface area contributed by atoms with Gasteiger partial charge in [-0.15, -0.1) is 11.8 Å². The van der Waals surface area contributed by atoms with Crippen LogP contribution in [0.1, 0.15) is 93.0 Å². The number of amides is 7. The molecular formula is C60H71Cl2N7O6S. The van der Waals surface area contributed by atoms with Crippen LogP contribution >= 0.6 is 35.0 Å². The molecule has 2 saturated heterocycles. The first-order chi connectivity index (χ1) is 36.8. The quantitative estimate of drug-likeness (QED) is 0.0321. The Kier molecular flexibility index (Phi) is 21.2. The Hall–Kier alpha value is -6.35. The molecule has 2 heterocycles. The minimum Gasteiger partial charge on any atom is -0.356 e. The summed E-state index contributed by atoms with van der Waals surface area (Å²) >= 11 is 14.3. The van der Waals surface area contributed by atoms with E-state index in [1.165, 1.54) is 6.92 Å². The molecule has 5 aromatic rings. The number of nitrogens with one attached hydrogen (secondary N) is 5. The molecule has 0 bridgehead atoms. The Morgan fingerprint density at radius 1 is 0.697 bits per heavy atom. The molecule has 0 aliphatic carbocycles. The third kappa shape index (κ3) is 15.4. The van der Waals surface area contributed by atoms with E-state index in [1.807, 2.05) is 91.9 Å². The number of thioether (sulfide) groups is 1. The van der Waals surface area contributed by atoms with Gasteiger partial charge in [-0.1, -0.05) is 157 Å². The summed E-state index contributed by atoms with van der Waals surface area (Å²) in [4.78, 5) is 85.6. The van der Waals surface area contributed by atoms with Crippen molar-refractivity contribution in [3.8, 4) is 0 Å². The molecule has 0 spiro atoms. The van der Waals surface area contributed by atoms with E-state index in [9.17, 15) is 28.8 Å². The number of carbonyl (C=O) groups excluding carboxylic acids is 6. The highest BCUT2D eigenvalue weighted by molar-refractivity contribution is 8.00. The molecule has 7 rings (SSSR count). The molecule has 1 unspecified atom stereocenters. The summed E-state index contributed by atoms with van der Waals surface area (Å²) in [7, 11) is 0. The van der Waals surface area contributed by atoms with Crippen molar-refractivity contribution >= 4 is 70.5 Å². The Bertz CT molecular complexity index is 2630. The smallest absolute Gasteiger partial charge is 0.315 e. The van der Waals surface area contributed by atoms with Gasteiger partial charge in [-0.3, -0.25) is 24.0 Å². The summed E-state index contributed by atoms with van der Waals surface area (Å²) in [6.07, 6.45) is 5.46. The second-order valence-corrected chi connectivity index (χ2v) is 22.0. The van der Waals surface area contributed by atoms with E-state index in [0.717, 1.165) is 22.3 Å². The molecule has 2 fully saturated rings. The fourth-order valence-corrected chi connectivity index (χ4v) is 12.5. The number of urea groups is 1. The lowest BCUT2D eigenvalue weighted by atomic mass is 9.74. The van der Waals surface area contributed by atoms with Gasteiger partial charge in [-0.2, -0.15) is 0 Å². The van der Waals surface area contributed by atoms with Gasteiger partial charge >= 0.3 is 6.03 Å². The molecule has 0 radical (unpaired) electrons. The molecule has 76 heavy (non-hydrogen) atoms. The van der Waals surface area contributed by atoms with E-state index >= 15 is 0 Å². The Labute approximate surface area is 462 Å². The zero-order valence-corrected chi connectivity index (χ0v) is 45.9. The average molecular weight is 1090 g/mol. The molecule has 5 aromatic carbocycles. The van der Waals surface area contributed by atoms with Gasteiger partial charge < -0.3 is 36.4 Å². The first-order valence-corrected chi connectivity index (χ1v) is 28.3. The van der Waals surface area contributed by atoms with Crippen LogP contribution in [0.25, 0.3) is 0 Å². The molecule has 13 nitrogen and oxygen atoms in total. The zero-order valence-electron chi connectivity index (χ0n) is 43.5. The van der Waals surface area contributed by atoms with E-state index in [1.54, 1.807) is 39.8 Å². The highest BCUT2D eigenvalue weighted by Crippen LogP contribution is 2.48. The van der Waals surface area contributed by atoms with Crippen LogP contribution in [0.2, 0.25) is 10.0 Å². The number of rotatable bonds is 23. The summed E-state index contributed by atoms with van der Waals surface area (Å²) < 4.78 is -0.664. The molecular weight excluding hydrogens is 1020 g/mol. The molecule has 4 atom stereocenters. The van der Waals surface area contributed by atoms with Gasteiger partial charge in [-0.05, 0) is 91.8 Å². The van der Waals surface area contributed by atoms with Crippen molar-refractivity contribution in [1.82, 2.24) is 36.4 Å². The minimum atomic E-state index is -0.987. The maximum atomic E-state index is 14.6. The standard InChI is InChI=1S/C60H71Cl2N7O6S/c1-3-63-57(74)59(39-44-21-9-4-10-22-44)33-20-36-69(42-59)56(73)52(38-45-31-32-50(61)51(62)37-45)67-58(75)66-49-29-19-35-68(40-49)54(71)30-17-8-18-34-64-55(72)53(65-43(2)70)41-76-60(46-23-11-5-12-24-46,47-25-13-6-14-26-47)48-27-15-7-16-28-48/h4-7,9-16,21-28,31-32,37,49,52-53H,3,8,17-20,29-30,33-36,38-42H2,1-2H3,(H,63,74)(H,64,72)(H,65,70)(H2,66,67,75)/t49-,52-,53?,59+/m1/s1. The number of benzene rings is 5. The van der Waals surface area contributed by atoms with Crippen molar-refractivity contribution in [1.29, 1.82) is 0 Å². The van der Waals surface area contributed by atoms with E-state index < -0.39 is 28.3 Å². The molecule has 2 aliphatic rings. The van der Waals surface area contributed by atoms with E-state index in [4.69, 9.17) is 23.2 Å². The van der Waals surface area contributed by atoms with Gasteiger partial charge in [0.25, 0.3) is 0 Å². The lowest BCUT2D eigenvalue weighted by Crippen LogP contribution is -2.60. The van der Waals surface area contributed by atoms with E-state index in [0.29, 0.717) is 112 Å². The Morgan fingerprint density at radius 3 is 1.92 bits per heavy atom. The van der Waals surface area contributed by atoms with Gasteiger partial charge in [0, 0.05) is 70.8 Å². The summed E-state index contributed by atoms with van der Waals surface area (Å²) in [6, 6.07) is 42.9. The first-order valence-electron chi connectivity index (χ1n) is 26.6. The largest absolute Gasteiger partial charge is 0.356 e. The van der Waals surface area contributed by atoms with Crippen molar-refractivity contribution < 1.29 is 28.8 Å². The summed E-state index contributed by atoms with van der Waals surface area (Å²) in [6.45, 7) is 5.68. The highest BCUT2D eigenvalue weighted by Gasteiger charge is 2.45. The molecule has 0 aromatic heterocycles.